The molecule has 3 nitrogen and oxygen atoms in total. The molecule has 0 saturated carbocycles. The lowest BCUT2D eigenvalue weighted by molar-refractivity contribution is -0.120. The average molecular weight is 125 g/mol. The maximum Gasteiger partial charge on any atom is 0.224 e. The first kappa shape index (κ1) is 6.01. The number of hydrogen-bond donors (Lipinski definition) is 1. The minimum Gasteiger partial charge on any atom is -0.332 e. The summed E-state index contributed by atoms with van der Waals surface area (Å²) in [5.74, 6) is -0.0133. The van der Waals surface area contributed by atoms with Gasteiger partial charge in [-0.05, 0) is 6.42 Å². The van der Waals surface area contributed by atoms with E-state index in [-0.39, 0.29) is 5.91 Å². The van der Waals surface area contributed by atoms with Crippen molar-refractivity contribution >= 4 is 12.2 Å². The molecule has 0 unspecified atom stereocenters. The number of nitrogens with one attached hydrogen (secondary N) is 1. The Labute approximate surface area is 52.7 Å². The number of carbonyl (C=O) groups is 2. The summed E-state index contributed by atoms with van der Waals surface area (Å²) in [7, 11) is 0. The second-order valence-electron chi connectivity index (χ2n) is 1.90. The van der Waals surface area contributed by atoms with E-state index in [1.165, 1.54) is 6.20 Å². The van der Waals surface area contributed by atoms with Crippen molar-refractivity contribution in [3.63, 3.8) is 0 Å². The van der Waals surface area contributed by atoms with Gasteiger partial charge in [-0.25, -0.2) is 0 Å². The summed E-state index contributed by atoms with van der Waals surface area (Å²) < 4.78 is 0. The SMILES string of the molecule is O=CC1=CNC(=O)CC1. The van der Waals surface area contributed by atoms with Gasteiger partial charge >= 0.3 is 0 Å². The first-order valence-corrected chi connectivity index (χ1v) is 2.76. The molecule has 0 aromatic heterocycles. The fraction of sp³-hybridized carbons (Fsp3) is 0.333. The van der Waals surface area contributed by atoms with Crippen molar-refractivity contribution < 1.29 is 9.59 Å². The summed E-state index contributed by atoms with van der Waals surface area (Å²) in [6, 6.07) is 0. The molecule has 0 aromatic rings. The van der Waals surface area contributed by atoms with Gasteiger partial charge in [-0.1, -0.05) is 0 Å². The Kier molecular flexibility index (Phi) is 1.63. The van der Waals surface area contributed by atoms with Crippen molar-refractivity contribution in [1.82, 2.24) is 5.32 Å². The Morgan fingerprint density at radius 1 is 1.56 bits per heavy atom. The Bertz CT molecular complexity index is 172. The van der Waals surface area contributed by atoms with Crippen LogP contribution in [0.15, 0.2) is 11.8 Å². The summed E-state index contributed by atoms with van der Waals surface area (Å²) in [4.78, 5) is 20.5. The molecule has 1 rings (SSSR count). The third-order valence-corrected chi connectivity index (χ3v) is 1.21. The molecule has 0 bridgehead atoms. The van der Waals surface area contributed by atoms with Gasteiger partial charge in [0.25, 0.3) is 0 Å². The maximum atomic E-state index is 10.5. The van der Waals surface area contributed by atoms with Crippen LogP contribution in [0, 0.1) is 0 Å². The van der Waals surface area contributed by atoms with Crippen molar-refractivity contribution in [2.75, 3.05) is 0 Å². The van der Waals surface area contributed by atoms with Gasteiger partial charge in [0.2, 0.25) is 5.91 Å². The third kappa shape index (κ3) is 1.38. The van der Waals surface area contributed by atoms with Crippen LogP contribution in [0.2, 0.25) is 0 Å². The van der Waals surface area contributed by atoms with E-state index >= 15 is 0 Å². The van der Waals surface area contributed by atoms with Gasteiger partial charge in [-0.2, -0.15) is 0 Å². The molecule has 1 heterocycles. The predicted molar refractivity (Wildman–Crippen MR) is 31.5 cm³/mol. The number of aldehydes is 1. The first-order chi connectivity index (χ1) is 4.33. The van der Waals surface area contributed by atoms with Crippen LogP contribution < -0.4 is 5.32 Å². The quantitative estimate of drug-likeness (QED) is 0.500. The maximum absolute atomic E-state index is 10.5. The molecule has 1 amide bonds. The van der Waals surface area contributed by atoms with Gasteiger partial charge in [0.05, 0.1) is 0 Å². The van der Waals surface area contributed by atoms with Crippen LogP contribution in [-0.2, 0) is 9.59 Å². The van der Waals surface area contributed by atoms with E-state index in [9.17, 15) is 9.59 Å². The molecule has 0 aromatic carbocycles. The summed E-state index contributed by atoms with van der Waals surface area (Å²) in [5, 5.41) is 2.45. The Morgan fingerprint density at radius 3 is 2.78 bits per heavy atom. The molecular formula is C6H7NO2. The largest absolute Gasteiger partial charge is 0.332 e. The van der Waals surface area contributed by atoms with Crippen molar-refractivity contribution in [1.29, 1.82) is 0 Å². The molecule has 0 spiro atoms. The normalized spacial score (nSPS) is 18.2. The highest BCUT2D eigenvalue weighted by Gasteiger charge is 2.07. The van der Waals surface area contributed by atoms with Crippen LogP contribution in [0.5, 0.6) is 0 Å². The van der Waals surface area contributed by atoms with E-state index in [4.69, 9.17) is 0 Å². The molecule has 0 fully saturated rings. The van der Waals surface area contributed by atoms with Gasteiger partial charge in [0, 0.05) is 18.2 Å². The van der Waals surface area contributed by atoms with Crippen LogP contribution in [0.25, 0.3) is 0 Å². The first-order valence-electron chi connectivity index (χ1n) is 2.76. The van der Waals surface area contributed by atoms with Gasteiger partial charge in [0.15, 0.2) is 0 Å². The minimum atomic E-state index is -0.0133. The zero-order chi connectivity index (χ0) is 6.69. The zero-order valence-electron chi connectivity index (χ0n) is 4.89. The lowest BCUT2D eigenvalue weighted by Gasteiger charge is -2.06. The lowest BCUT2D eigenvalue weighted by atomic mass is 10.1. The number of rotatable bonds is 1. The molecular weight excluding hydrogens is 118 g/mol. The van der Waals surface area contributed by atoms with Crippen molar-refractivity contribution in [2.24, 2.45) is 0 Å². The molecule has 0 aliphatic carbocycles. The van der Waals surface area contributed by atoms with Crippen LogP contribution in [0.3, 0.4) is 0 Å². The highest BCUT2D eigenvalue weighted by atomic mass is 16.1. The van der Waals surface area contributed by atoms with E-state index in [0.717, 1.165) is 6.29 Å². The van der Waals surface area contributed by atoms with Crippen LogP contribution >= 0.6 is 0 Å². The molecule has 3 heteroatoms. The highest BCUT2D eigenvalue weighted by molar-refractivity contribution is 5.83. The zero-order valence-corrected chi connectivity index (χ0v) is 4.89. The van der Waals surface area contributed by atoms with E-state index < -0.39 is 0 Å². The molecule has 9 heavy (non-hydrogen) atoms. The van der Waals surface area contributed by atoms with E-state index in [1.807, 2.05) is 0 Å². The number of amides is 1. The van der Waals surface area contributed by atoms with E-state index in [0.29, 0.717) is 18.4 Å². The fourth-order valence-corrected chi connectivity index (χ4v) is 0.668. The summed E-state index contributed by atoms with van der Waals surface area (Å²) in [6.07, 6.45) is 3.23. The Balaban J connectivity index is 2.59. The predicted octanol–water partition coefficient (Wildman–Crippen LogP) is -0.0208. The molecule has 0 atom stereocenters. The third-order valence-electron chi connectivity index (χ3n) is 1.21. The topological polar surface area (TPSA) is 46.2 Å². The standard InChI is InChI=1S/C6H7NO2/c8-4-5-1-2-6(9)7-3-5/h3-4H,1-2H2,(H,7,9). The van der Waals surface area contributed by atoms with Crippen LogP contribution in [-0.4, -0.2) is 12.2 Å². The molecule has 1 aliphatic heterocycles. The monoisotopic (exact) mass is 125 g/mol. The Hall–Kier alpha value is -1.12. The van der Waals surface area contributed by atoms with Gasteiger partial charge in [-0.15, -0.1) is 0 Å². The molecule has 0 saturated heterocycles. The second-order valence-corrected chi connectivity index (χ2v) is 1.90. The number of hydrogen-bond acceptors (Lipinski definition) is 2. The molecule has 0 radical (unpaired) electrons. The van der Waals surface area contributed by atoms with E-state index in [2.05, 4.69) is 5.32 Å². The minimum absolute atomic E-state index is 0.0133. The fourth-order valence-electron chi connectivity index (χ4n) is 0.668. The molecule has 48 valence electrons. The molecule has 1 aliphatic rings. The molecule has 1 N–H and O–H groups in total. The van der Waals surface area contributed by atoms with Gasteiger partial charge < -0.3 is 5.32 Å². The smallest absolute Gasteiger partial charge is 0.224 e. The number of allylic oxidation sites excluding steroid dienone is 1. The number of carbonyl (C=O) groups excluding carboxylic acids is 2. The summed E-state index contributed by atoms with van der Waals surface area (Å²) >= 11 is 0. The second kappa shape index (κ2) is 2.44. The average Bonchev–Trinajstić information content (AvgIpc) is 1.90. The van der Waals surface area contributed by atoms with Crippen LogP contribution in [0.1, 0.15) is 12.8 Å². The van der Waals surface area contributed by atoms with Crippen molar-refractivity contribution in [3.8, 4) is 0 Å². The van der Waals surface area contributed by atoms with Crippen molar-refractivity contribution in [2.45, 2.75) is 12.8 Å². The highest BCUT2D eigenvalue weighted by Crippen LogP contribution is 2.04. The van der Waals surface area contributed by atoms with Gasteiger partial charge in [-0.3, -0.25) is 9.59 Å². The van der Waals surface area contributed by atoms with E-state index in [1.54, 1.807) is 0 Å². The Morgan fingerprint density at radius 2 is 2.33 bits per heavy atom. The summed E-state index contributed by atoms with van der Waals surface area (Å²) in [6.45, 7) is 0. The van der Waals surface area contributed by atoms with Crippen molar-refractivity contribution in [3.05, 3.63) is 11.8 Å². The summed E-state index contributed by atoms with van der Waals surface area (Å²) in [5.41, 5.74) is 0.662. The van der Waals surface area contributed by atoms with Crippen LogP contribution in [0.4, 0.5) is 0 Å². The van der Waals surface area contributed by atoms with Gasteiger partial charge in [0.1, 0.15) is 6.29 Å². The lowest BCUT2D eigenvalue weighted by Crippen LogP contribution is -2.21.